The van der Waals surface area contributed by atoms with E-state index in [0.29, 0.717) is 5.69 Å². The third-order valence-corrected chi connectivity index (χ3v) is 5.25. The van der Waals surface area contributed by atoms with Crippen LogP contribution in [0.1, 0.15) is 75.7 Å². The molecule has 23 heavy (non-hydrogen) atoms. The molecular formula is C18H33N3O2. The Labute approximate surface area is 140 Å². The summed E-state index contributed by atoms with van der Waals surface area (Å²) < 4.78 is 5.25. The van der Waals surface area contributed by atoms with Gasteiger partial charge in [0.25, 0.3) is 5.91 Å². The molecule has 0 radical (unpaired) electrons. The number of hydrogen-bond donors (Lipinski definition) is 1. The molecule has 0 saturated heterocycles. The fraction of sp³-hybridized carbons (Fsp3) is 0.778. The quantitative estimate of drug-likeness (QED) is 0.755. The van der Waals surface area contributed by atoms with E-state index >= 15 is 0 Å². The first-order chi connectivity index (χ1) is 10.9. The van der Waals surface area contributed by atoms with E-state index in [1.807, 2.05) is 13.8 Å². The molecule has 0 bridgehead atoms. The average molecular weight is 323 g/mol. The highest BCUT2D eigenvalue weighted by atomic mass is 16.5. The van der Waals surface area contributed by atoms with Crippen molar-refractivity contribution >= 4 is 5.91 Å². The van der Waals surface area contributed by atoms with Crippen molar-refractivity contribution in [3.63, 3.8) is 0 Å². The van der Waals surface area contributed by atoms with E-state index in [9.17, 15) is 4.79 Å². The Bertz CT molecular complexity index is 506. The number of carbonyl (C=O) groups excluding carboxylic acids is 1. The van der Waals surface area contributed by atoms with Gasteiger partial charge in [0.2, 0.25) is 0 Å². The number of aromatic nitrogens is 1. The molecule has 0 aromatic carbocycles. The molecule has 5 heteroatoms. The van der Waals surface area contributed by atoms with Gasteiger partial charge in [-0.3, -0.25) is 9.69 Å². The molecule has 5 nitrogen and oxygen atoms in total. The van der Waals surface area contributed by atoms with Gasteiger partial charge < -0.3 is 9.84 Å². The fourth-order valence-corrected chi connectivity index (χ4v) is 3.60. The molecule has 1 heterocycles. The van der Waals surface area contributed by atoms with Crippen LogP contribution in [0.15, 0.2) is 4.52 Å². The average Bonchev–Trinajstić information content (AvgIpc) is 2.90. The summed E-state index contributed by atoms with van der Waals surface area (Å²) in [7, 11) is 2.15. The van der Waals surface area contributed by atoms with Gasteiger partial charge in [0, 0.05) is 23.6 Å². The summed E-state index contributed by atoms with van der Waals surface area (Å²) in [6, 6.07) is 0.0303. The van der Waals surface area contributed by atoms with Crippen molar-refractivity contribution in [1.29, 1.82) is 0 Å². The van der Waals surface area contributed by atoms with Gasteiger partial charge in [-0.1, -0.05) is 32.9 Å². The first kappa shape index (κ1) is 19.7. The van der Waals surface area contributed by atoms with Crippen molar-refractivity contribution < 1.29 is 9.32 Å². The summed E-state index contributed by atoms with van der Waals surface area (Å²) in [6.07, 6.45) is 3.81. The van der Waals surface area contributed by atoms with Crippen LogP contribution in [0.3, 0.4) is 0 Å². The fourth-order valence-electron chi connectivity index (χ4n) is 3.60. The Morgan fingerprint density at radius 3 is 2.35 bits per heavy atom. The molecule has 1 aromatic rings. The minimum atomic E-state index is -0.144. The maximum atomic E-state index is 12.6. The first-order valence-electron chi connectivity index (χ1n) is 8.85. The third-order valence-electron chi connectivity index (χ3n) is 5.25. The van der Waals surface area contributed by atoms with E-state index in [-0.39, 0.29) is 17.5 Å². The van der Waals surface area contributed by atoms with Crippen LogP contribution in [-0.4, -0.2) is 41.1 Å². The lowest BCUT2D eigenvalue weighted by atomic mass is 9.83. The van der Waals surface area contributed by atoms with Crippen molar-refractivity contribution in [2.75, 3.05) is 13.6 Å². The predicted octanol–water partition coefficient (Wildman–Crippen LogP) is 3.56. The third kappa shape index (κ3) is 3.94. The Kier molecular flexibility index (Phi) is 7.26. The van der Waals surface area contributed by atoms with E-state index in [2.05, 4.69) is 50.1 Å². The Hall–Kier alpha value is -1.36. The van der Waals surface area contributed by atoms with Gasteiger partial charge in [-0.25, -0.2) is 0 Å². The van der Waals surface area contributed by atoms with Crippen LogP contribution < -0.4 is 5.32 Å². The second kappa shape index (κ2) is 8.48. The summed E-state index contributed by atoms with van der Waals surface area (Å²) in [4.78, 5) is 15.0. The molecule has 1 N–H and O–H groups in total. The summed E-state index contributed by atoms with van der Waals surface area (Å²) in [5.74, 6) is 0.637. The molecule has 0 aliphatic carbocycles. The number of likely N-dealkylation sites (N-methyl/N-ethyl adjacent to an activating group) is 1. The molecule has 1 amide bonds. The van der Waals surface area contributed by atoms with E-state index in [1.165, 1.54) is 0 Å². The van der Waals surface area contributed by atoms with Crippen molar-refractivity contribution in [2.24, 2.45) is 0 Å². The Balaban J connectivity index is 2.95. The summed E-state index contributed by atoms with van der Waals surface area (Å²) in [6.45, 7) is 13.6. The SMILES string of the molecule is CCCN(C)C(CC)(CC)C(C)NC(=O)c1noc(CC)c1C. The first-order valence-corrected chi connectivity index (χ1v) is 8.85. The topological polar surface area (TPSA) is 58.4 Å². The largest absolute Gasteiger partial charge is 0.360 e. The maximum absolute atomic E-state index is 12.6. The maximum Gasteiger partial charge on any atom is 0.274 e. The van der Waals surface area contributed by atoms with Crippen LogP contribution in [0.4, 0.5) is 0 Å². The Morgan fingerprint density at radius 2 is 1.91 bits per heavy atom. The second-order valence-electron chi connectivity index (χ2n) is 6.36. The van der Waals surface area contributed by atoms with E-state index < -0.39 is 0 Å². The van der Waals surface area contributed by atoms with Crippen LogP contribution in [0.2, 0.25) is 0 Å². The van der Waals surface area contributed by atoms with Crippen LogP contribution in [-0.2, 0) is 6.42 Å². The van der Waals surface area contributed by atoms with Crippen molar-refractivity contribution in [3.8, 4) is 0 Å². The predicted molar refractivity (Wildman–Crippen MR) is 93.8 cm³/mol. The number of hydrogen-bond acceptors (Lipinski definition) is 4. The highest BCUT2D eigenvalue weighted by Crippen LogP contribution is 2.27. The zero-order valence-corrected chi connectivity index (χ0v) is 15.8. The van der Waals surface area contributed by atoms with Crippen LogP contribution in [0.5, 0.6) is 0 Å². The van der Waals surface area contributed by atoms with Crippen molar-refractivity contribution in [1.82, 2.24) is 15.4 Å². The smallest absolute Gasteiger partial charge is 0.274 e. The van der Waals surface area contributed by atoms with Gasteiger partial charge in [-0.15, -0.1) is 0 Å². The highest BCUT2D eigenvalue weighted by molar-refractivity contribution is 5.94. The number of nitrogens with one attached hydrogen (secondary N) is 1. The minimum Gasteiger partial charge on any atom is -0.360 e. The summed E-state index contributed by atoms with van der Waals surface area (Å²) >= 11 is 0. The zero-order chi connectivity index (χ0) is 17.6. The molecule has 0 aliphatic rings. The van der Waals surface area contributed by atoms with Gasteiger partial charge in [0.05, 0.1) is 0 Å². The summed E-state index contributed by atoms with van der Waals surface area (Å²) in [5, 5.41) is 7.11. The Morgan fingerprint density at radius 1 is 1.30 bits per heavy atom. The summed E-state index contributed by atoms with van der Waals surface area (Å²) in [5.41, 5.74) is 1.21. The van der Waals surface area contributed by atoms with Gasteiger partial charge in [0.15, 0.2) is 5.69 Å². The van der Waals surface area contributed by atoms with Crippen LogP contribution >= 0.6 is 0 Å². The van der Waals surface area contributed by atoms with Gasteiger partial charge in [-0.2, -0.15) is 0 Å². The molecule has 0 spiro atoms. The molecule has 0 saturated carbocycles. The van der Waals surface area contributed by atoms with Gasteiger partial charge in [0.1, 0.15) is 5.76 Å². The monoisotopic (exact) mass is 323 g/mol. The standard InChI is InChI=1S/C18H33N3O2/c1-8-12-21(7)18(10-3,11-4)14(6)19-17(22)16-13(5)15(9-2)23-20-16/h14H,8-12H2,1-7H3,(H,19,22). The molecule has 0 fully saturated rings. The number of nitrogens with zero attached hydrogens (tertiary/aromatic N) is 2. The lowest BCUT2D eigenvalue weighted by Crippen LogP contribution is -2.59. The van der Waals surface area contributed by atoms with E-state index in [1.54, 1.807) is 0 Å². The highest BCUT2D eigenvalue weighted by Gasteiger charge is 2.37. The molecule has 1 aromatic heterocycles. The van der Waals surface area contributed by atoms with Crippen LogP contribution in [0, 0.1) is 6.92 Å². The lowest BCUT2D eigenvalue weighted by molar-refractivity contribution is 0.0612. The van der Waals surface area contributed by atoms with E-state index in [4.69, 9.17) is 4.52 Å². The molecular weight excluding hydrogens is 290 g/mol. The van der Waals surface area contributed by atoms with Gasteiger partial charge in [-0.05, 0) is 46.7 Å². The second-order valence-corrected chi connectivity index (χ2v) is 6.36. The van der Waals surface area contributed by atoms with Gasteiger partial charge >= 0.3 is 0 Å². The molecule has 0 aliphatic heterocycles. The molecule has 1 unspecified atom stereocenters. The molecule has 132 valence electrons. The number of amides is 1. The van der Waals surface area contributed by atoms with Crippen molar-refractivity contribution in [3.05, 3.63) is 17.0 Å². The van der Waals surface area contributed by atoms with E-state index in [0.717, 1.165) is 43.6 Å². The zero-order valence-electron chi connectivity index (χ0n) is 15.8. The minimum absolute atomic E-state index is 0.0303. The normalized spacial score (nSPS) is 13.4. The number of carbonyl (C=O) groups is 1. The number of aryl methyl sites for hydroxylation is 1. The number of rotatable bonds is 9. The van der Waals surface area contributed by atoms with Crippen LogP contribution in [0.25, 0.3) is 0 Å². The van der Waals surface area contributed by atoms with Crippen molar-refractivity contribution in [2.45, 2.75) is 78.8 Å². The molecule has 1 atom stereocenters. The lowest BCUT2D eigenvalue weighted by Gasteiger charge is -2.45. The molecule has 1 rings (SSSR count).